The first-order chi connectivity index (χ1) is 18.6. The van der Waals surface area contributed by atoms with Gasteiger partial charge in [-0.05, 0) is 80.6 Å². The third-order valence-electron chi connectivity index (χ3n) is 8.86. The smallest absolute Gasteiger partial charge is 0.202 e. The largest absolute Gasteiger partial charge is 0.508 e. The van der Waals surface area contributed by atoms with Gasteiger partial charge in [0.25, 0.3) is 0 Å². The van der Waals surface area contributed by atoms with E-state index in [1.165, 1.54) is 0 Å². The lowest BCUT2D eigenvalue weighted by atomic mass is 9.57. The highest BCUT2D eigenvalue weighted by Gasteiger charge is 2.63. The van der Waals surface area contributed by atoms with Gasteiger partial charge in [-0.2, -0.15) is 0 Å². The number of benzene rings is 2. The van der Waals surface area contributed by atoms with E-state index in [2.05, 4.69) is 20.8 Å². The zero-order valence-electron chi connectivity index (χ0n) is 23.8. The minimum Gasteiger partial charge on any atom is -0.508 e. The molecular weight excluding hydrogens is 510 g/mol. The summed E-state index contributed by atoms with van der Waals surface area (Å²) in [7, 11) is 3.24. The fraction of sp³-hybridized carbons (Fsp3) is 0.469. The van der Waals surface area contributed by atoms with Crippen LogP contribution in [0, 0.1) is 17.3 Å². The molecule has 1 fully saturated rings. The van der Waals surface area contributed by atoms with Crippen molar-refractivity contribution in [1.82, 2.24) is 4.90 Å². The van der Waals surface area contributed by atoms with Crippen LogP contribution < -0.4 is 0 Å². The number of ketones is 3. The van der Waals surface area contributed by atoms with Gasteiger partial charge in [0, 0.05) is 16.9 Å². The first-order valence-electron chi connectivity index (χ1n) is 13.7. The normalized spacial score (nSPS) is 26.8. The van der Waals surface area contributed by atoms with E-state index < -0.39 is 57.9 Å². The van der Waals surface area contributed by atoms with Crippen molar-refractivity contribution in [2.45, 2.75) is 65.0 Å². The van der Waals surface area contributed by atoms with E-state index in [1.807, 2.05) is 24.3 Å². The van der Waals surface area contributed by atoms with E-state index in [1.54, 1.807) is 19.0 Å². The van der Waals surface area contributed by atoms with Crippen molar-refractivity contribution in [3.63, 3.8) is 0 Å². The molecule has 0 saturated heterocycles. The summed E-state index contributed by atoms with van der Waals surface area (Å²) in [5.74, 6) is -5.50. The predicted octanol–water partition coefficient (Wildman–Crippen LogP) is 4.20. The molecule has 4 N–H and O–H groups in total. The summed E-state index contributed by atoms with van der Waals surface area (Å²) in [6.07, 6.45) is 2.16. The van der Waals surface area contributed by atoms with Crippen LogP contribution in [0.2, 0.25) is 0 Å². The molecule has 3 aliphatic rings. The Labute approximate surface area is 233 Å². The zero-order chi connectivity index (χ0) is 29.5. The predicted molar refractivity (Wildman–Crippen MR) is 151 cm³/mol. The number of rotatable bonds is 4. The van der Waals surface area contributed by atoms with Crippen LogP contribution >= 0.6 is 0 Å². The molecule has 2 aromatic rings. The molecule has 0 heterocycles. The van der Waals surface area contributed by atoms with E-state index in [0.717, 1.165) is 30.7 Å². The standard InChI is InChI=1S/C32H37NO7/c1-15(34)22-28(37)25(33(5)6)21-14-19-13-18-12-17-8-7-16(9-10-31(2,3)4)11-20(17)26(35)23(18)27(36)24(19)30(39)32(21,40)29(22)38/h7-8,11-12,19,21,25,35-36,38,40H,9-10,13-14H2,1-6H3/t19-,21-,25-,32+/m0/s1. The molecule has 8 nitrogen and oxygen atoms in total. The average Bonchev–Trinajstić information content (AvgIpc) is 2.84. The Kier molecular flexibility index (Phi) is 6.51. The fourth-order valence-electron chi connectivity index (χ4n) is 6.83. The molecule has 8 heteroatoms. The lowest BCUT2D eigenvalue weighted by molar-refractivity contribution is -0.153. The van der Waals surface area contributed by atoms with Crippen LogP contribution in [-0.2, 0) is 27.2 Å². The van der Waals surface area contributed by atoms with Crippen LogP contribution in [0.3, 0.4) is 0 Å². The highest BCUT2D eigenvalue weighted by Crippen LogP contribution is 2.53. The van der Waals surface area contributed by atoms with Crippen molar-refractivity contribution in [2.24, 2.45) is 17.3 Å². The Hall–Kier alpha value is -3.49. The molecule has 0 radical (unpaired) electrons. The SMILES string of the molecule is CC(=O)C1=C(O)[C@@]2(O)C(=O)C3=C(O)c4c(cc5ccc(CCC(C)(C)C)cc5c4O)C[C@H]3C[C@H]2[C@H](N(C)C)C1=O. The van der Waals surface area contributed by atoms with E-state index in [9.17, 15) is 34.8 Å². The van der Waals surface area contributed by atoms with Gasteiger partial charge >= 0.3 is 0 Å². The molecule has 2 aromatic carbocycles. The second kappa shape index (κ2) is 9.28. The van der Waals surface area contributed by atoms with E-state index in [-0.39, 0.29) is 28.7 Å². The number of fused-ring (bicyclic) bond motifs is 4. The molecule has 0 spiro atoms. The number of aryl methyl sites for hydroxylation is 1. The van der Waals surface area contributed by atoms with Crippen molar-refractivity contribution in [3.05, 3.63) is 57.9 Å². The lowest BCUT2D eigenvalue weighted by Gasteiger charge is -2.50. The first-order valence-corrected chi connectivity index (χ1v) is 13.7. The van der Waals surface area contributed by atoms with Crippen LogP contribution in [0.1, 0.15) is 57.2 Å². The Morgan fingerprint density at radius 2 is 1.77 bits per heavy atom. The molecule has 0 bridgehead atoms. The van der Waals surface area contributed by atoms with Crippen molar-refractivity contribution in [2.75, 3.05) is 14.1 Å². The zero-order valence-corrected chi connectivity index (χ0v) is 23.8. The third-order valence-corrected chi connectivity index (χ3v) is 8.86. The molecule has 5 rings (SSSR count). The summed E-state index contributed by atoms with van der Waals surface area (Å²) in [5.41, 5.74) is -1.30. The number of phenols is 1. The number of aliphatic hydroxyl groups excluding tert-OH is 2. The average molecular weight is 548 g/mol. The summed E-state index contributed by atoms with van der Waals surface area (Å²) < 4.78 is 0. The Morgan fingerprint density at radius 1 is 1.10 bits per heavy atom. The topological polar surface area (TPSA) is 135 Å². The van der Waals surface area contributed by atoms with Crippen molar-refractivity contribution < 1.29 is 34.8 Å². The highest BCUT2D eigenvalue weighted by molar-refractivity contribution is 6.25. The number of aliphatic hydroxyl groups is 3. The molecule has 0 aliphatic heterocycles. The van der Waals surface area contributed by atoms with Crippen LogP contribution in [0.25, 0.3) is 16.5 Å². The summed E-state index contributed by atoms with van der Waals surface area (Å²) in [5, 5.41) is 47.1. The van der Waals surface area contributed by atoms with E-state index in [4.69, 9.17) is 0 Å². The Morgan fingerprint density at radius 3 is 2.38 bits per heavy atom. The molecule has 3 aliphatic carbocycles. The summed E-state index contributed by atoms with van der Waals surface area (Å²) >= 11 is 0. The maximum Gasteiger partial charge on any atom is 0.202 e. The molecule has 40 heavy (non-hydrogen) atoms. The van der Waals surface area contributed by atoms with Crippen molar-refractivity contribution in [1.29, 1.82) is 0 Å². The van der Waals surface area contributed by atoms with Gasteiger partial charge in [0.2, 0.25) is 5.78 Å². The third kappa shape index (κ3) is 4.08. The number of Topliss-reactive ketones (excluding diaryl/α,β-unsaturated/α-hetero) is 3. The molecule has 4 atom stereocenters. The van der Waals surface area contributed by atoms with Crippen LogP contribution in [-0.4, -0.2) is 68.4 Å². The Bertz CT molecular complexity index is 1540. The molecule has 0 unspecified atom stereocenters. The molecular formula is C32H37NO7. The lowest BCUT2D eigenvalue weighted by Crippen LogP contribution is -2.65. The maximum absolute atomic E-state index is 14.0. The van der Waals surface area contributed by atoms with Crippen LogP contribution in [0.5, 0.6) is 5.75 Å². The number of phenolic OH excluding ortho intramolecular Hbond substituents is 1. The Balaban J connectivity index is 1.67. The second-order valence-electron chi connectivity index (χ2n) is 13.0. The van der Waals surface area contributed by atoms with Crippen LogP contribution in [0.4, 0.5) is 0 Å². The molecule has 212 valence electrons. The summed E-state index contributed by atoms with van der Waals surface area (Å²) in [6, 6.07) is 6.75. The number of carbonyl (C=O) groups is 3. The quantitative estimate of drug-likeness (QED) is 0.419. The van der Waals surface area contributed by atoms with Crippen molar-refractivity contribution >= 4 is 33.9 Å². The molecule has 0 amide bonds. The van der Waals surface area contributed by atoms with Gasteiger partial charge in [-0.15, -0.1) is 0 Å². The summed E-state index contributed by atoms with van der Waals surface area (Å²) in [4.78, 5) is 41.2. The van der Waals surface area contributed by atoms with Crippen LogP contribution in [0.15, 0.2) is 41.2 Å². The minimum atomic E-state index is -2.56. The number of hydrogen-bond acceptors (Lipinski definition) is 8. The van der Waals surface area contributed by atoms with Gasteiger partial charge in [0.15, 0.2) is 17.2 Å². The second-order valence-corrected chi connectivity index (χ2v) is 13.0. The molecule has 1 saturated carbocycles. The van der Waals surface area contributed by atoms with Gasteiger partial charge < -0.3 is 20.4 Å². The van der Waals surface area contributed by atoms with Gasteiger partial charge in [-0.25, -0.2) is 0 Å². The maximum atomic E-state index is 14.0. The van der Waals surface area contributed by atoms with E-state index in [0.29, 0.717) is 17.4 Å². The fourth-order valence-corrected chi connectivity index (χ4v) is 6.83. The molecule has 0 aromatic heterocycles. The first kappa shape index (κ1) is 28.1. The number of hydrogen-bond donors (Lipinski definition) is 4. The summed E-state index contributed by atoms with van der Waals surface area (Å²) in [6.45, 7) is 7.59. The monoisotopic (exact) mass is 547 g/mol. The van der Waals surface area contributed by atoms with Gasteiger partial charge in [-0.3, -0.25) is 19.3 Å². The van der Waals surface area contributed by atoms with E-state index >= 15 is 0 Å². The van der Waals surface area contributed by atoms with Gasteiger partial charge in [0.05, 0.1) is 11.6 Å². The van der Waals surface area contributed by atoms with Gasteiger partial charge in [-0.1, -0.05) is 39.0 Å². The van der Waals surface area contributed by atoms with Crippen molar-refractivity contribution in [3.8, 4) is 5.75 Å². The highest BCUT2D eigenvalue weighted by atomic mass is 16.3. The minimum absolute atomic E-state index is 0.105. The number of nitrogens with zero attached hydrogens (tertiary/aromatic N) is 1. The number of likely N-dealkylation sites (N-methyl/N-ethyl adjacent to an activating group) is 1. The van der Waals surface area contributed by atoms with Gasteiger partial charge in [0.1, 0.15) is 22.8 Å². The number of aromatic hydroxyl groups is 1. The number of carbonyl (C=O) groups excluding carboxylic acids is 3.